The minimum Gasteiger partial charge on any atom is -0.377 e. The number of nitriles is 1. The number of thioether (sulfide) groups is 1. The van der Waals surface area contributed by atoms with E-state index in [4.69, 9.17) is 28.1 Å². The van der Waals surface area contributed by atoms with Crippen LogP contribution in [0.4, 0.5) is 11.5 Å². The average molecular weight is 592 g/mol. The van der Waals surface area contributed by atoms with Crippen LogP contribution in [-0.2, 0) is 5.75 Å². The first kappa shape index (κ1) is 28.9. The Balaban J connectivity index is 1.38. The van der Waals surface area contributed by atoms with E-state index in [1.807, 2.05) is 24.3 Å². The molecule has 3 heterocycles. The fourth-order valence-electron chi connectivity index (χ4n) is 5.45. The smallest absolute Gasteiger partial charge is 0.232 e. The molecule has 40 heavy (non-hydrogen) atoms. The van der Waals surface area contributed by atoms with Crippen LogP contribution in [0.5, 0.6) is 0 Å². The van der Waals surface area contributed by atoms with Crippen molar-refractivity contribution in [3.63, 3.8) is 0 Å². The lowest BCUT2D eigenvalue weighted by Crippen LogP contribution is -2.45. The first-order valence-corrected chi connectivity index (χ1v) is 16.1. The second-order valence-electron chi connectivity index (χ2n) is 10.5. The number of nitrogens with zero attached hydrogens (tertiary/aromatic N) is 6. The molecule has 0 radical (unpaired) electrons. The molecule has 0 bridgehead atoms. The highest BCUT2D eigenvalue weighted by Gasteiger charge is 2.28. The van der Waals surface area contributed by atoms with Gasteiger partial charge in [0.05, 0.1) is 17.8 Å². The van der Waals surface area contributed by atoms with Gasteiger partial charge in [-0.3, -0.25) is 4.90 Å². The molecule has 2 fully saturated rings. The maximum atomic E-state index is 10.3. The zero-order chi connectivity index (χ0) is 27.9. The van der Waals surface area contributed by atoms with Gasteiger partial charge in [0, 0.05) is 61.0 Å². The zero-order valence-corrected chi connectivity index (χ0v) is 25.2. The summed E-state index contributed by atoms with van der Waals surface area (Å²) in [6.45, 7) is 13.9. The van der Waals surface area contributed by atoms with Gasteiger partial charge in [-0.15, -0.1) is 11.3 Å². The molecule has 7 nitrogen and oxygen atoms in total. The number of hydrogen-bond donors (Lipinski definition) is 1. The third kappa shape index (κ3) is 6.97. The van der Waals surface area contributed by atoms with E-state index in [1.165, 1.54) is 18.2 Å². The van der Waals surface area contributed by atoms with E-state index in [-0.39, 0.29) is 5.92 Å². The number of nitrogens with one attached hydrogen (secondary N) is 1. The van der Waals surface area contributed by atoms with Gasteiger partial charge in [0.15, 0.2) is 0 Å². The maximum absolute atomic E-state index is 10.3. The maximum Gasteiger partial charge on any atom is 0.232 e. The van der Waals surface area contributed by atoms with E-state index in [2.05, 4.69) is 38.5 Å². The van der Waals surface area contributed by atoms with Gasteiger partial charge >= 0.3 is 0 Å². The molecule has 208 valence electrons. The third-order valence-electron chi connectivity index (χ3n) is 7.73. The molecule has 0 amide bonds. The topological polar surface area (TPSA) is 72.4 Å². The summed E-state index contributed by atoms with van der Waals surface area (Å²) in [6, 6.07) is 10.2. The summed E-state index contributed by atoms with van der Waals surface area (Å²) >= 11 is 9.19. The van der Waals surface area contributed by atoms with Gasteiger partial charge in [-0.2, -0.15) is 5.26 Å². The molecule has 0 spiro atoms. The van der Waals surface area contributed by atoms with Gasteiger partial charge < -0.3 is 10.2 Å². The number of likely N-dealkylation sites (N-methyl/N-ethyl adjacent to an activating group) is 1. The molecule has 3 aromatic rings. The molecule has 5 rings (SSSR count). The highest BCUT2D eigenvalue weighted by atomic mass is 35.5. The van der Waals surface area contributed by atoms with Crippen molar-refractivity contribution in [3.8, 4) is 16.6 Å². The fourth-order valence-corrected chi connectivity index (χ4v) is 7.40. The average Bonchev–Trinajstić information content (AvgIpc) is 3.46. The minimum absolute atomic E-state index is 0.226. The molecule has 1 aliphatic heterocycles. The number of aromatic nitrogens is 2. The number of thiazole rings is 1. The number of hydrogen-bond acceptors (Lipinski definition) is 8. The molecule has 2 aliphatic rings. The van der Waals surface area contributed by atoms with Crippen LogP contribution in [0.3, 0.4) is 0 Å². The second kappa shape index (κ2) is 13.8. The van der Waals surface area contributed by atoms with Gasteiger partial charge in [-0.25, -0.2) is 14.8 Å². The number of benzene rings is 1. The van der Waals surface area contributed by atoms with E-state index >= 15 is 0 Å². The summed E-state index contributed by atoms with van der Waals surface area (Å²) < 4.78 is 0. The number of pyridine rings is 1. The van der Waals surface area contributed by atoms with Crippen molar-refractivity contribution < 1.29 is 0 Å². The summed E-state index contributed by atoms with van der Waals surface area (Å²) in [6.07, 6.45) is 5.52. The van der Waals surface area contributed by atoms with Crippen molar-refractivity contribution in [2.24, 2.45) is 0 Å². The number of halogens is 1. The Morgan fingerprint density at radius 2 is 1.90 bits per heavy atom. The third-order valence-corrected chi connectivity index (χ3v) is 9.93. The second-order valence-corrected chi connectivity index (χ2v) is 12.7. The first-order chi connectivity index (χ1) is 19.6. The van der Waals surface area contributed by atoms with Crippen LogP contribution in [0.25, 0.3) is 15.4 Å². The van der Waals surface area contributed by atoms with Crippen molar-refractivity contribution in [1.29, 1.82) is 5.26 Å². The highest BCUT2D eigenvalue weighted by molar-refractivity contribution is 7.98. The Labute approximate surface area is 250 Å². The number of anilines is 1. The van der Waals surface area contributed by atoms with Crippen LogP contribution < -0.4 is 5.32 Å². The summed E-state index contributed by atoms with van der Waals surface area (Å²) in [5, 5.41) is 18.2. The van der Waals surface area contributed by atoms with Gasteiger partial charge in [-0.05, 0) is 43.5 Å². The first-order valence-electron chi connectivity index (χ1n) is 13.9. The SMILES string of the molecule is [C-]#[N+]c1c(NCCN2CCN(C)CC2)nc(SCc2csc(-c3ccc(Cl)cc3)n2)c(C#N)c1C1CCCCC1. The molecule has 1 N–H and O–H groups in total. The predicted molar refractivity (Wildman–Crippen MR) is 166 cm³/mol. The lowest BCUT2D eigenvalue weighted by Gasteiger charge is -2.32. The van der Waals surface area contributed by atoms with Crippen molar-refractivity contribution >= 4 is 46.2 Å². The van der Waals surface area contributed by atoms with Crippen LogP contribution in [0.1, 0.15) is 54.8 Å². The lowest BCUT2D eigenvalue weighted by atomic mass is 9.82. The Morgan fingerprint density at radius 1 is 1.15 bits per heavy atom. The molecule has 2 aromatic heterocycles. The Morgan fingerprint density at radius 3 is 2.60 bits per heavy atom. The molecule has 1 saturated heterocycles. The van der Waals surface area contributed by atoms with Crippen molar-refractivity contribution in [2.75, 3.05) is 51.6 Å². The van der Waals surface area contributed by atoms with Gasteiger partial charge in [0.1, 0.15) is 21.9 Å². The van der Waals surface area contributed by atoms with E-state index in [0.717, 1.165) is 86.8 Å². The molecule has 0 unspecified atom stereocenters. The quantitative estimate of drug-likeness (QED) is 0.207. The van der Waals surface area contributed by atoms with Gasteiger partial charge in [0.25, 0.3) is 0 Å². The van der Waals surface area contributed by atoms with Gasteiger partial charge in [0.2, 0.25) is 5.69 Å². The van der Waals surface area contributed by atoms with Crippen molar-refractivity contribution in [3.05, 3.63) is 62.9 Å². The zero-order valence-electron chi connectivity index (χ0n) is 22.8. The fraction of sp³-hybridized carbons (Fsp3) is 0.467. The summed E-state index contributed by atoms with van der Waals surface area (Å²) in [5.74, 6) is 1.45. The van der Waals surface area contributed by atoms with Crippen LogP contribution in [-0.4, -0.2) is 66.1 Å². The van der Waals surface area contributed by atoms with Gasteiger partial charge in [-0.1, -0.05) is 54.8 Å². The monoisotopic (exact) mass is 591 g/mol. The summed E-state index contributed by atoms with van der Waals surface area (Å²) in [4.78, 5) is 18.5. The van der Waals surface area contributed by atoms with E-state index in [9.17, 15) is 5.26 Å². The summed E-state index contributed by atoms with van der Waals surface area (Å²) in [7, 11) is 2.16. The minimum atomic E-state index is 0.226. The lowest BCUT2D eigenvalue weighted by molar-refractivity contribution is 0.158. The molecule has 10 heteroatoms. The predicted octanol–water partition coefficient (Wildman–Crippen LogP) is 7.28. The number of piperazine rings is 1. The molecule has 0 atom stereocenters. The standard InChI is InChI=1S/C30H34ClN7S2/c1-33-27-26(21-6-4-3-5-7-21)25(18-32)30(36-28(27)34-12-13-38-16-14-37(2)15-17-38)40-20-24-19-39-29(35-24)22-8-10-23(31)11-9-22/h8-11,19,21H,3-7,12-17,20H2,2H3,(H,34,36). The Hall–Kier alpha value is -2.66. The van der Waals surface area contributed by atoms with Crippen LogP contribution in [0.2, 0.25) is 5.02 Å². The van der Waals surface area contributed by atoms with Crippen LogP contribution >= 0.6 is 34.7 Å². The van der Waals surface area contributed by atoms with Crippen molar-refractivity contribution in [1.82, 2.24) is 19.8 Å². The van der Waals surface area contributed by atoms with Crippen LogP contribution in [0.15, 0.2) is 34.7 Å². The molecular formula is C30H34ClN7S2. The van der Waals surface area contributed by atoms with Crippen LogP contribution in [0, 0.1) is 17.9 Å². The molecule has 1 aliphatic carbocycles. The van der Waals surface area contributed by atoms with Crippen molar-refractivity contribution in [2.45, 2.75) is 48.8 Å². The largest absolute Gasteiger partial charge is 0.377 e. The van der Waals surface area contributed by atoms with E-state index in [0.29, 0.717) is 32.9 Å². The molecule has 1 saturated carbocycles. The normalized spacial score (nSPS) is 16.9. The Kier molecular flexibility index (Phi) is 9.96. The molecule has 1 aromatic carbocycles. The molecular weight excluding hydrogens is 558 g/mol. The number of rotatable bonds is 9. The summed E-state index contributed by atoms with van der Waals surface area (Å²) in [5.41, 5.74) is 3.99. The van der Waals surface area contributed by atoms with E-state index in [1.54, 1.807) is 11.3 Å². The van der Waals surface area contributed by atoms with E-state index < -0.39 is 0 Å². The Bertz CT molecular complexity index is 1380. The highest BCUT2D eigenvalue weighted by Crippen LogP contribution is 2.45.